The van der Waals surface area contributed by atoms with Crippen LogP contribution in [-0.2, 0) is 7.05 Å². The topological polar surface area (TPSA) is 33.1 Å². The lowest BCUT2D eigenvalue weighted by molar-refractivity contribution is 0.124. The Kier molecular flexibility index (Phi) is 6.52. The summed E-state index contributed by atoms with van der Waals surface area (Å²) in [4.78, 5) is 7.26. The molecule has 4 nitrogen and oxygen atoms in total. The molecular formula is C16H29ClN4. The predicted octanol–water partition coefficient (Wildman–Crippen LogP) is 2.76. The first-order chi connectivity index (χ1) is 9.84. The molecular weight excluding hydrogens is 284 g/mol. The van der Waals surface area contributed by atoms with E-state index in [1.165, 1.54) is 50.9 Å². The fraction of sp³-hybridized carbons (Fsp3) is 0.812. The second-order valence-corrected chi connectivity index (χ2v) is 6.47. The largest absolute Gasteiger partial charge is 0.337 e. The van der Waals surface area contributed by atoms with Crippen LogP contribution in [0.25, 0.3) is 0 Å². The van der Waals surface area contributed by atoms with E-state index in [9.17, 15) is 0 Å². The SMILES string of the molecule is Cl.Cn1ccnc1C1CNCCN1CC1CCCCCC1. The Morgan fingerprint density at radius 3 is 2.67 bits per heavy atom. The first-order valence-corrected chi connectivity index (χ1v) is 8.26. The molecule has 0 aromatic carbocycles. The maximum Gasteiger partial charge on any atom is 0.127 e. The predicted molar refractivity (Wildman–Crippen MR) is 88.8 cm³/mol. The van der Waals surface area contributed by atoms with Crippen molar-refractivity contribution in [3.63, 3.8) is 0 Å². The highest BCUT2D eigenvalue weighted by molar-refractivity contribution is 5.85. The van der Waals surface area contributed by atoms with E-state index >= 15 is 0 Å². The monoisotopic (exact) mass is 312 g/mol. The minimum atomic E-state index is 0. The van der Waals surface area contributed by atoms with Crippen molar-refractivity contribution in [3.05, 3.63) is 18.2 Å². The molecule has 1 unspecified atom stereocenters. The molecule has 0 spiro atoms. The van der Waals surface area contributed by atoms with Gasteiger partial charge in [0.2, 0.25) is 0 Å². The molecule has 1 aliphatic carbocycles. The highest BCUT2D eigenvalue weighted by atomic mass is 35.5. The Balaban J connectivity index is 0.00000161. The number of halogens is 1. The number of rotatable bonds is 3. The standard InChI is InChI=1S/C16H28N4.ClH/c1-19-10-9-18-16(19)15-12-17-8-11-20(15)13-14-6-4-2-3-5-7-14;/h9-10,14-15,17H,2-8,11-13H2,1H3;1H. The van der Waals surface area contributed by atoms with Gasteiger partial charge in [-0.05, 0) is 18.8 Å². The second-order valence-electron chi connectivity index (χ2n) is 6.47. The van der Waals surface area contributed by atoms with Gasteiger partial charge in [-0.25, -0.2) is 4.98 Å². The van der Waals surface area contributed by atoms with Crippen LogP contribution in [-0.4, -0.2) is 40.6 Å². The van der Waals surface area contributed by atoms with Crippen molar-refractivity contribution in [2.24, 2.45) is 13.0 Å². The highest BCUT2D eigenvalue weighted by Crippen LogP contribution is 2.27. The first-order valence-electron chi connectivity index (χ1n) is 8.26. The van der Waals surface area contributed by atoms with Gasteiger partial charge in [-0.15, -0.1) is 12.4 Å². The van der Waals surface area contributed by atoms with E-state index in [-0.39, 0.29) is 12.4 Å². The molecule has 1 aromatic rings. The van der Waals surface area contributed by atoms with Gasteiger partial charge in [-0.2, -0.15) is 0 Å². The van der Waals surface area contributed by atoms with Crippen molar-refractivity contribution in [1.29, 1.82) is 0 Å². The average molecular weight is 313 g/mol. The van der Waals surface area contributed by atoms with Crippen molar-refractivity contribution in [1.82, 2.24) is 19.8 Å². The molecule has 2 heterocycles. The van der Waals surface area contributed by atoms with Gasteiger partial charge in [0.1, 0.15) is 5.82 Å². The van der Waals surface area contributed by atoms with Gasteiger partial charge < -0.3 is 9.88 Å². The molecule has 21 heavy (non-hydrogen) atoms. The van der Waals surface area contributed by atoms with E-state index < -0.39 is 0 Å². The highest BCUT2D eigenvalue weighted by Gasteiger charge is 2.28. The lowest BCUT2D eigenvalue weighted by Crippen LogP contribution is -2.48. The molecule has 1 N–H and O–H groups in total. The molecule has 1 atom stereocenters. The van der Waals surface area contributed by atoms with Crippen LogP contribution in [0.3, 0.4) is 0 Å². The van der Waals surface area contributed by atoms with E-state index in [0.717, 1.165) is 25.6 Å². The molecule has 1 aromatic heterocycles. The van der Waals surface area contributed by atoms with E-state index in [4.69, 9.17) is 0 Å². The molecule has 5 heteroatoms. The van der Waals surface area contributed by atoms with Crippen LogP contribution in [0.1, 0.15) is 50.4 Å². The van der Waals surface area contributed by atoms with Gasteiger partial charge in [0.05, 0.1) is 6.04 Å². The Labute approximate surface area is 134 Å². The van der Waals surface area contributed by atoms with Gasteiger partial charge in [0.25, 0.3) is 0 Å². The Morgan fingerprint density at radius 1 is 1.24 bits per heavy atom. The molecule has 0 radical (unpaired) electrons. The smallest absolute Gasteiger partial charge is 0.127 e. The fourth-order valence-electron chi connectivity index (χ4n) is 3.80. The lowest BCUT2D eigenvalue weighted by atomic mass is 9.98. The summed E-state index contributed by atoms with van der Waals surface area (Å²) in [6.07, 6.45) is 12.6. The summed E-state index contributed by atoms with van der Waals surface area (Å²) in [7, 11) is 2.11. The van der Waals surface area contributed by atoms with E-state index in [1.54, 1.807) is 0 Å². The van der Waals surface area contributed by atoms with Crippen molar-refractivity contribution >= 4 is 12.4 Å². The number of hydrogen-bond acceptors (Lipinski definition) is 3. The molecule has 3 rings (SSSR count). The zero-order valence-corrected chi connectivity index (χ0v) is 13.9. The summed E-state index contributed by atoms with van der Waals surface area (Å²) >= 11 is 0. The Hall–Kier alpha value is -0.580. The zero-order chi connectivity index (χ0) is 13.8. The number of aryl methyl sites for hydroxylation is 1. The van der Waals surface area contributed by atoms with Crippen molar-refractivity contribution in [3.8, 4) is 0 Å². The van der Waals surface area contributed by atoms with Gasteiger partial charge in [-0.1, -0.05) is 25.7 Å². The normalized spacial score (nSPS) is 25.3. The van der Waals surface area contributed by atoms with Gasteiger partial charge in [0, 0.05) is 45.6 Å². The maximum absolute atomic E-state index is 4.58. The lowest BCUT2D eigenvalue weighted by Gasteiger charge is -2.37. The molecule has 2 fully saturated rings. The molecule has 1 saturated heterocycles. The third-order valence-corrected chi connectivity index (χ3v) is 4.98. The van der Waals surface area contributed by atoms with E-state index in [2.05, 4.69) is 33.0 Å². The summed E-state index contributed by atoms with van der Waals surface area (Å²) < 4.78 is 2.18. The van der Waals surface area contributed by atoms with Gasteiger partial charge in [0.15, 0.2) is 0 Å². The van der Waals surface area contributed by atoms with E-state index in [1.807, 2.05) is 6.20 Å². The Bertz CT molecular complexity index is 412. The van der Waals surface area contributed by atoms with Crippen molar-refractivity contribution in [2.75, 3.05) is 26.2 Å². The molecule has 0 bridgehead atoms. The summed E-state index contributed by atoms with van der Waals surface area (Å²) in [6.45, 7) is 4.58. The molecule has 1 saturated carbocycles. The van der Waals surface area contributed by atoms with Crippen LogP contribution < -0.4 is 5.32 Å². The first kappa shape index (κ1) is 16.8. The quantitative estimate of drug-likeness (QED) is 0.871. The number of piperazine rings is 1. The molecule has 120 valence electrons. The zero-order valence-electron chi connectivity index (χ0n) is 13.1. The van der Waals surface area contributed by atoms with Crippen molar-refractivity contribution in [2.45, 2.75) is 44.6 Å². The number of nitrogens with one attached hydrogen (secondary N) is 1. The minimum Gasteiger partial charge on any atom is -0.337 e. The summed E-state index contributed by atoms with van der Waals surface area (Å²) in [5.74, 6) is 2.11. The minimum absolute atomic E-state index is 0. The third kappa shape index (κ3) is 4.21. The van der Waals surface area contributed by atoms with Crippen LogP contribution in [0.5, 0.6) is 0 Å². The van der Waals surface area contributed by atoms with Crippen LogP contribution >= 0.6 is 12.4 Å². The van der Waals surface area contributed by atoms with Crippen LogP contribution in [0.2, 0.25) is 0 Å². The van der Waals surface area contributed by atoms with Crippen LogP contribution in [0.4, 0.5) is 0 Å². The maximum atomic E-state index is 4.58. The van der Waals surface area contributed by atoms with Crippen LogP contribution in [0.15, 0.2) is 12.4 Å². The van der Waals surface area contributed by atoms with Crippen LogP contribution in [0, 0.1) is 5.92 Å². The average Bonchev–Trinajstić information content (AvgIpc) is 2.73. The fourth-order valence-corrected chi connectivity index (χ4v) is 3.80. The molecule has 0 amide bonds. The summed E-state index contributed by atoms with van der Waals surface area (Å²) in [5.41, 5.74) is 0. The van der Waals surface area contributed by atoms with Gasteiger partial charge in [-0.3, -0.25) is 4.90 Å². The number of hydrogen-bond donors (Lipinski definition) is 1. The second kappa shape index (κ2) is 8.16. The van der Waals surface area contributed by atoms with Crippen molar-refractivity contribution < 1.29 is 0 Å². The van der Waals surface area contributed by atoms with Gasteiger partial charge >= 0.3 is 0 Å². The summed E-state index contributed by atoms with van der Waals surface area (Å²) in [6, 6.07) is 0.451. The number of nitrogens with zero attached hydrogens (tertiary/aromatic N) is 3. The number of imidazole rings is 1. The third-order valence-electron chi connectivity index (χ3n) is 4.98. The molecule has 1 aliphatic heterocycles. The molecule has 2 aliphatic rings. The Morgan fingerprint density at radius 2 is 2.00 bits per heavy atom. The summed E-state index contributed by atoms with van der Waals surface area (Å²) in [5, 5.41) is 3.53. The van der Waals surface area contributed by atoms with E-state index in [0.29, 0.717) is 6.04 Å². The number of aromatic nitrogens is 2.